The average Bonchev–Trinajstić information content (AvgIpc) is 0.892. The van der Waals surface area contributed by atoms with Gasteiger partial charge in [0.1, 0.15) is 25.4 Å². The number of aliphatic hydroxyl groups is 2. The fourth-order valence-corrected chi connectivity index (χ4v) is 15.3. The van der Waals surface area contributed by atoms with Crippen LogP contribution in [0.1, 0.15) is 432 Å². The molecule has 0 radical (unpaired) electrons. The number of carbonyl (C=O) groups excluding carboxylic acids is 3. The zero-order chi connectivity index (χ0) is 89.3. The number of aliphatic hydroxyl groups excluding tert-OH is 2. The molecule has 0 fully saturated rings. The van der Waals surface area contributed by atoms with Gasteiger partial charge in [0.2, 0.25) is 0 Å². The van der Waals surface area contributed by atoms with Crippen LogP contribution in [0.4, 0.5) is 0 Å². The van der Waals surface area contributed by atoms with Gasteiger partial charge in [-0.15, -0.1) is 0 Å². The van der Waals surface area contributed by atoms with Crippen molar-refractivity contribution in [2.75, 3.05) is 39.6 Å². The number of phosphoric acid groups is 2. The van der Waals surface area contributed by atoms with E-state index in [2.05, 4.69) is 179 Å². The summed E-state index contributed by atoms with van der Waals surface area (Å²) in [4.78, 5) is 59.1. The lowest BCUT2D eigenvalue weighted by Gasteiger charge is -2.21. The molecule has 0 aromatic heterocycles. The van der Waals surface area contributed by atoms with E-state index < -0.39 is 91.5 Å². The fourth-order valence-electron chi connectivity index (χ4n) is 13.7. The van der Waals surface area contributed by atoms with Gasteiger partial charge in [0.05, 0.1) is 26.4 Å². The van der Waals surface area contributed by atoms with E-state index >= 15 is 0 Å². The van der Waals surface area contributed by atoms with Crippen molar-refractivity contribution >= 4 is 33.6 Å². The number of carbonyl (C=O) groups is 3. The Hall–Kier alpha value is -4.83. The van der Waals surface area contributed by atoms with Crippen LogP contribution >= 0.6 is 15.6 Å². The Morgan fingerprint density at radius 2 is 0.431 bits per heavy atom. The van der Waals surface area contributed by atoms with Crippen molar-refractivity contribution in [3.05, 3.63) is 158 Å². The molecule has 0 saturated carbocycles. The first-order valence-corrected chi connectivity index (χ1v) is 52.8. The van der Waals surface area contributed by atoms with E-state index in [0.29, 0.717) is 19.3 Å². The average molecular weight is 1760 g/mol. The van der Waals surface area contributed by atoms with Gasteiger partial charge in [0.25, 0.3) is 0 Å². The van der Waals surface area contributed by atoms with Crippen molar-refractivity contribution in [2.45, 2.75) is 450 Å². The molecule has 0 saturated heterocycles. The predicted octanol–water partition coefficient (Wildman–Crippen LogP) is 31.2. The van der Waals surface area contributed by atoms with E-state index in [-0.39, 0.29) is 19.3 Å². The summed E-state index contributed by atoms with van der Waals surface area (Å²) < 4.78 is 61.6. The second-order valence-corrected chi connectivity index (χ2v) is 36.1. The maximum absolute atomic E-state index is 13.1. The molecule has 0 aliphatic carbocycles. The van der Waals surface area contributed by atoms with Crippen molar-refractivity contribution in [3.8, 4) is 0 Å². The van der Waals surface area contributed by atoms with E-state index in [9.17, 15) is 43.5 Å². The number of rotatable bonds is 94. The molecule has 0 heterocycles. The summed E-state index contributed by atoms with van der Waals surface area (Å²) in [6, 6.07) is 0. The van der Waals surface area contributed by atoms with Crippen molar-refractivity contribution in [3.63, 3.8) is 0 Å². The summed E-state index contributed by atoms with van der Waals surface area (Å²) in [5, 5.41) is 20.8. The van der Waals surface area contributed by atoms with Crippen LogP contribution in [0.15, 0.2) is 158 Å². The number of esters is 3. The topological polar surface area (TPSA) is 231 Å². The van der Waals surface area contributed by atoms with Gasteiger partial charge in [-0.25, -0.2) is 9.13 Å². The molecule has 0 rings (SSSR count). The first-order valence-electron chi connectivity index (χ1n) is 49.8. The third kappa shape index (κ3) is 97.6. The molecule has 4 N–H and O–H groups in total. The van der Waals surface area contributed by atoms with Crippen LogP contribution in [0, 0.1) is 0 Å². The van der Waals surface area contributed by atoms with Gasteiger partial charge in [-0.2, -0.15) is 0 Å². The van der Waals surface area contributed by atoms with Gasteiger partial charge in [-0.05, 0) is 154 Å². The van der Waals surface area contributed by atoms with Crippen molar-refractivity contribution in [1.82, 2.24) is 0 Å². The second-order valence-electron chi connectivity index (χ2n) is 33.2. The Bertz CT molecular complexity index is 2870. The highest BCUT2D eigenvalue weighted by molar-refractivity contribution is 7.47. The number of allylic oxidation sites excluding steroid dienone is 26. The molecule has 0 spiro atoms. The lowest BCUT2D eigenvalue weighted by molar-refractivity contribution is -0.161. The van der Waals surface area contributed by atoms with Gasteiger partial charge < -0.3 is 34.2 Å². The molecular formula is C105H182O16P2. The van der Waals surface area contributed by atoms with Gasteiger partial charge in [-0.3, -0.25) is 32.5 Å². The van der Waals surface area contributed by atoms with E-state index in [4.69, 9.17) is 32.3 Å². The maximum Gasteiger partial charge on any atom is 0.472 e. The van der Waals surface area contributed by atoms with E-state index in [0.717, 1.165) is 148 Å². The van der Waals surface area contributed by atoms with Crippen molar-refractivity contribution in [1.29, 1.82) is 0 Å². The van der Waals surface area contributed by atoms with Crippen LogP contribution in [0.3, 0.4) is 0 Å². The number of phosphoric ester groups is 2. The van der Waals surface area contributed by atoms with Crippen molar-refractivity contribution < 1.29 is 75.8 Å². The number of hydrogen-bond donors (Lipinski definition) is 4. The van der Waals surface area contributed by atoms with Crippen LogP contribution in [-0.2, 0) is 55.8 Å². The van der Waals surface area contributed by atoms with Gasteiger partial charge in [-0.1, -0.05) is 416 Å². The van der Waals surface area contributed by atoms with Crippen LogP contribution in [0.25, 0.3) is 0 Å². The second kappa shape index (κ2) is 96.3. The standard InChI is InChI=1S/C105H182O16P2/c1-4-7-10-13-16-19-22-25-28-31-34-37-39-41-43-45-47-48-49-50-52-54-55-57-59-62-64-67-70-73-76-79-82-85-88-91-103(108)115-94-100(106)95-117-122(111,112)118-96-101(107)97-119-123(113,114)120-99-102(121-105(110)93-90-87-84-81-78-75-72-69-66-61-36-33-30-27-24-21-18-15-12-9-6-3)98-116-104(109)92-89-86-83-80-77-74-71-68-65-63-60-58-56-53-51-46-44-42-40-38-35-32-29-26-23-20-17-14-11-8-5-2/h8,11,16-21,25-30,34-38,41-44,61,69,72,100-102,106-107H,4-7,9-10,12-15,22-24,31-33,39-40,45-60,62-68,70-71,73-99H2,1-3H3,(H,111,112)(H,113,114)/b11-8-,19-16-,20-17-,21-18-,28-25-,29-26-,30-27-,37-34-,38-35-,43-41-,44-42-,61-36-,72-69-. The smallest absolute Gasteiger partial charge is 0.463 e. The summed E-state index contributed by atoms with van der Waals surface area (Å²) >= 11 is 0. The molecule has 123 heavy (non-hydrogen) atoms. The normalized spacial score (nSPS) is 14.4. The predicted molar refractivity (Wildman–Crippen MR) is 519 cm³/mol. The Morgan fingerprint density at radius 3 is 0.683 bits per heavy atom. The Kier molecular flexibility index (Phi) is 92.5. The third-order valence-corrected chi connectivity index (χ3v) is 23.1. The SMILES string of the molecule is CC/C=C\C/C=C\C/C=C\C/C=C\C/C=C\CCCCCCCCCCCCCCCCCC(=O)OCC(COP(=O)(O)OCC(O)COP(=O)(O)OCC(O)COC(=O)CCCCCCCCCCCCCCCCCCCCC/C=C\C/C=C\C/C=C\C/C=C\CCCCC)OC(=O)CCCCCCC/C=C\C/C=C\C/C=C\C/C=C\CCCCC. The Labute approximate surface area is 752 Å². The minimum Gasteiger partial charge on any atom is -0.463 e. The molecular weight excluding hydrogens is 1580 g/mol. The number of hydrogen-bond acceptors (Lipinski definition) is 14. The summed E-state index contributed by atoms with van der Waals surface area (Å²) in [5.74, 6) is -1.58. The molecule has 5 unspecified atom stereocenters. The third-order valence-electron chi connectivity index (χ3n) is 21.2. The van der Waals surface area contributed by atoms with Gasteiger partial charge in [0, 0.05) is 19.3 Å². The number of unbranched alkanes of at least 4 members (excludes halogenated alkanes) is 45. The maximum atomic E-state index is 13.1. The molecule has 0 bridgehead atoms. The monoisotopic (exact) mass is 1760 g/mol. The zero-order valence-corrected chi connectivity index (χ0v) is 80.1. The van der Waals surface area contributed by atoms with E-state index in [1.807, 2.05) is 0 Å². The largest absolute Gasteiger partial charge is 0.472 e. The highest BCUT2D eigenvalue weighted by atomic mass is 31.2. The van der Waals surface area contributed by atoms with Crippen LogP contribution in [0.5, 0.6) is 0 Å². The molecule has 0 aliphatic heterocycles. The first-order chi connectivity index (χ1) is 60.2. The lowest BCUT2D eigenvalue weighted by atomic mass is 10.0. The highest BCUT2D eigenvalue weighted by Crippen LogP contribution is 2.45. The molecule has 0 aliphatic rings. The fraction of sp³-hybridized carbons (Fsp3) is 0.724. The first kappa shape index (κ1) is 118. The van der Waals surface area contributed by atoms with Crippen molar-refractivity contribution in [2.24, 2.45) is 0 Å². The molecule has 708 valence electrons. The summed E-state index contributed by atoms with van der Waals surface area (Å²) in [6.07, 6.45) is 124. The zero-order valence-electron chi connectivity index (χ0n) is 78.3. The lowest BCUT2D eigenvalue weighted by Crippen LogP contribution is -2.30. The van der Waals surface area contributed by atoms with Crippen LogP contribution in [0.2, 0.25) is 0 Å². The molecule has 0 aromatic carbocycles. The quantitative estimate of drug-likeness (QED) is 0.0146. The molecule has 18 heteroatoms. The summed E-state index contributed by atoms with van der Waals surface area (Å²) in [7, 11) is -9.82. The number of ether oxygens (including phenoxy) is 3. The summed E-state index contributed by atoms with van der Waals surface area (Å²) in [6.45, 7) is 2.56. The minimum absolute atomic E-state index is 0.0815. The van der Waals surface area contributed by atoms with Gasteiger partial charge in [0.15, 0.2) is 6.10 Å². The molecule has 0 aromatic rings. The Balaban J connectivity index is 4.53. The summed E-state index contributed by atoms with van der Waals surface area (Å²) in [5.41, 5.74) is 0. The van der Waals surface area contributed by atoms with E-state index in [1.54, 1.807) is 0 Å². The van der Waals surface area contributed by atoms with Crippen LogP contribution in [-0.4, -0.2) is 95.9 Å². The molecule has 16 nitrogen and oxygen atoms in total. The molecule has 5 atom stereocenters. The molecule has 0 amide bonds. The Morgan fingerprint density at radius 1 is 0.236 bits per heavy atom. The van der Waals surface area contributed by atoms with Crippen LogP contribution < -0.4 is 0 Å². The highest BCUT2D eigenvalue weighted by Gasteiger charge is 2.30. The van der Waals surface area contributed by atoms with E-state index in [1.165, 1.54) is 225 Å². The minimum atomic E-state index is -4.95. The van der Waals surface area contributed by atoms with Gasteiger partial charge >= 0.3 is 33.6 Å².